The highest BCUT2D eigenvalue weighted by atomic mass is 32.2. The summed E-state index contributed by atoms with van der Waals surface area (Å²) in [6.07, 6.45) is 1.53. The number of hydrogen-bond acceptors (Lipinski definition) is 6. The van der Waals surface area contributed by atoms with Gasteiger partial charge in [-0.25, -0.2) is 16.8 Å². The van der Waals surface area contributed by atoms with Crippen molar-refractivity contribution in [2.24, 2.45) is 0 Å². The Kier molecular flexibility index (Phi) is 5.49. The van der Waals surface area contributed by atoms with E-state index in [1.54, 1.807) is 12.1 Å². The van der Waals surface area contributed by atoms with Crippen molar-refractivity contribution in [3.8, 4) is 6.07 Å². The van der Waals surface area contributed by atoms with E-state index in [9.17, 15) is 22.1 Å². The van der Waals surface area contributed by atoms with Crippen molar-refractivity contribution in [2.45, 2.75) is 16.7 Å². The van der Waals surface area contributed by atoms with Gasteiger partial charge in [-0.15, -0.1) is 0 Å². The van der Waals surface area contributed by atoms with Crippen molar-refractivity contribution in [3.63, 3.8) is 0 Å². The van der Waals surface area contributed by atoms with Gasteiger partial charge in [0.1, 0.15) is 6.07 Å². The van der Waals surface area contributed by atoms with Crippen LogP contribution >= 0.6 is 0 Å². The van der Waals surface area contributed by atoms with Gasteiger partial charge >= 0.3 is 0 Å². The Hall–Kier alpha value is -2.91. The Morgan fingerprint density at radius 1 is 1.00 bits per heavy atom. The van der Waals surface area contributed by atoms with Gasteiger partial charge in [0.15, 0.2) is 0 Å². The molecule has 0 bridgehead atoms. The van der Waals surface area contributed by atoms with E-state index in [0.717, 1.165) is 5.56 Å². The number of fused-ring (bicyclic) bond motifs is 1. The van der Waals surface area contributed by atoms with Crippen molar-refractivity contribution in [1.82, 2.24) is 14.6 Å². The highest BCUT2D eigenvalue weighted by Gasteiger charge is 2.26. The van der Waals surface area contributed by atoms with E-state index in [2.05, 4.69) is 21.1 Å². The number of H-pyrrole nitrogens is 1. The summed E-state index contributed by atoms with van der Waals surface area (Å²) in [7, 11) is -7.65. The van der Waals surface area contributed by atoms with Gasteiger partial charge in [-0.1, -0.05) is 6.07 Å². The summed E-state index contributed by atoms with van der Waals surface area (Å²) in [4.78, 5) is 2.94. The third-order valence-electron chi connectivity index (χ3n) is 5.26. The molecule has 2 aromatic carbocycles. The van der Waals surface area contributed by atoms with E-state index in [4.69, 9.17) is 0 Å². The van der Waals surface area contributed by atoms with E-state index < -0.39 is 20.0 Å². The molecule has 0 unspecified atom stereocenters. The first kappa shape index (κ1) is 21.3. The van der Waals surface area contributed by atoms with Crippen molar-refractivity contribution in [1.29, 1.82) is 5.26 Å². The predicted molar refractivity (Wildman–Crippen MR) is 117 cm³/mol. The number of hydrogen-bond donors (Lipinski definition) is 3. The number of nitrogens with zero attached hydrogens (tertiary/aromatic N) is 2. The lowest BCUT2D eigenvalue weighted by Gasteiger charge is -2.26. The summed E-state index contributed by atoms with van der Waals surface area (Å²) >= 11 is 0. The van der Waals surface area contributed by atoms with E-state index in [-0.39, 0.29) is 9.79 Å². The van der Waals surface area contributed by atoms with E-state index in [0.29, 0.717) is 48.3 Å². The van der Waals surface area contributed by atoms with E-state index in [1.165, 1.54) is 34.8 Å². The van der Waals surface area contributed by atoms with Crippen molar-refractivity contribution >= 4 is 36.6 Å². The molecular weight excluding hydrogens is 438 g/mol. The van der Waals surface area contributed by atoms with Gasteiger partial charge in [0.25, 0.3) is 10.0 Å². The average molecular weight is 460 g/mol. The van der Waals surface area contributed by atoms with Crippen molar-refractivity contribution < 1.29 is 16.8 Å². The van der Waals surface area contributed by atoms with Crippen LogP contribution in [0.2, 0.25) is 0 Å². The van der Waals surface area contributed by atoms with Gasteiger partial charge in [0, 0.05) is 37.8 Å². The highest BCUT2D eigenvalue weighted by Crippen LogP contribution is 2.30. The molecule has 0 aliphatic carbocycles. The fourth-order valence-corrected chi connectivity index (χ4v) is 6.14. The number of nitriles is 1. The van der Waals surface area contributed by atoms with Gasteiger partial charge in [0.2, 0.25) is 10.0 Å². The molecule has 3 N–H and O–H groups in total. The van der Waals surface area contributed by atoms with Crippen LogP contribution in [0.5, 0.6) is 0 Å². The molecule has 1 aliphatic rings. The summed E-state index contributed by atoms with van der Waals surface area (Å²) in [5.74, 6) is 0. The zero-order chi connectivity index (χ0) is 22.2. The number of sulfonamides is 2. The summed E-state index contributed by atoms with van der Waals surface area (Å²) < 4.78 is 55.2. The molecule has 9 nitrogen and oxygen atoms in total. The lowest BCUT2D eigenvalue weighted by atomic mass is 10.1. The van der Waals surface area contributed by atoms with Crippen molar-refractivity contribution in [3.05, 3.63) is 53.7 Å². The van der Waals surface area contributed by atoms with Gasteiger partial charge < -0.3 is 10.3 Å². The number of aryl methyl sites for hydroxylation is 1. The third-order valence-corrected chi connectivity index (χ3v) is 8.55. The van der Waals surface area contributed by atoms with Crippen LogP contribution in [0.1, 0.15) is 11.1 Å². The molecule has 1 aliphatic heterocycles. The third kappa shape index (κ3) is 3.90. The molecule has 4 rings (SSSR count). The molecule has 162 valence electrons. The second-order valence-corrected chi connectivity index (χ2v) is 10.8. The summed E-state index contributed by atoms with van der Waals surface area (Å²) in [6.45, 7) is 3.73. The molecule has 0 saturated carbocycles. The Balaban J connectivity index is 1.63. The predicted octanol–water partition coefficient (Wildman–Crippen LogP) is 1.74. The van der Waals surface area contributed by atoms with Crippen LogP contribution < -0.4 is 10.0 Å². The number of aromatic nitrogens is 1. The fraction of sp³-hybridized carbons (Fsp3) is 0.250. The van der Waals surface area contributed by atoms with Gasteiger partial charge in [-0.05, 0) is 42.8 Å². The van der Waals surface area contributed by atoms with Crippen LogP contribution in [0.15, 0.2) is 52.4 Å². The largest absolute Gasteiger partial charge is 0.358 e. The zero-order valence-corrected chi connectivity index (χ0v) is 18.3. The Bertz CT molecular complexity index is 1380. The minimum atomic E-state index is -3.97. The molecular formula is C20H21N5O4S2. The quantitative estimate of drug-likeness (QED) is 0.532. The molecule has 0 radical (unpaired) electrons. The minimum Gasteiger partial charge on any atom is -0.358 e. The number of nitrogens with one attached hydrogen (secondary N) is 3. The molecule has 1 fully saturated rings. The SMILES string of the molecule is Cc1ccc(NS(=O)(=O)c2ccc(S(=O)(=O)N3CCNCC3)cc2)c2[nH]cc(C#N)c12. The number of piperazine rings is 1. The van der Waals surface area contributed by atoms with E-state index >= 15 is 0 Å². The first-order valence-electron chi connectivity index (χ1n) is 9.58. The van der Waals surface area contributed by atoms with Gasteiger partial charge in [-0.3, -0.25) is 4.72 Å². The Morgan fingerprint density at radius 2 is 1.65 bits per heavy atom. The van der Waals surface area contributed by atoms with Crippen LogP contribution in [0.4, 0.5) is 5.69 Å². The highest BCUT2D eigenvalue weighted by molar-refractivity contribution is 7.92. The van der Waals surface area contributed by atoms with Crippen LogP contribution in [-0.2, 0) is 20.0 Å². The lowest BCUT2D eigenvalue weighted by molar-refractivity contribution is 0.360. The first-order valence-corrected chi connectivity index (χ1v) is 12.5. The average Bonchev–Trinajstić information content (AvgIpc) is 3.22. The van der Waals surface area contributed by atoms with Gasteiger partial charge in [-0.2, -0.15) is 9.57 Å². The Morgan fingerprint density at radius 3 is 2.29 bits per heavy atom. The van der Waals surface area contributed by atoms with Crippen LogP contribution in [0, 0.1) is 18.3 Å². The number of aromatic amines is 1. The van der Waals surface area contributed by atoms with Crippen LogP contribution in [0.3, 0.4) is 0 Å². The maximum atomic E-state index is 12.9. The molecule has 0 amide bonds. The molecule has 1 saturated heterocycles. The molecule has 11 heteroatoms. The summed E-state index contributed by atoms with van der Waals surface area (Å²) in [5.41, 5.74) is 2.09. The molecule has 2 heterocycles. The lowest BCUT2D eigenvalue weighted by Crippen LogP contribution is -2.46. The van der Waals surface area contributed by atoms with Crippen LogP contribution in [0.25, 0.3) is 10.9 Å². The summed E-state index contributed by atoms with van der Waals surface area (Å²) in [6, 6.07) is 10.6. The second-order valence-electron chi connectivity index (χ2n) is 7.23. The Labute approximate surface area is 180 Å². The normalized spacial score (nSPS) is 15.6. The molecule has 0 spiro atoms. The zero-order valence-electron chi connectivity index (χ0n) is 16.7. The summed E-state index contributed by atoms with van der Waals surface area (Å²) in [5, 5.41) is 13.0. The molecule has 31 heavy (non-hydrogen) atoms. The maximum absolute atomic E-state index is 12.9. The van der Waals surface area contributed by atoms with Crippen LogP contribution in [-0.4, -0.2) is 52.3 Å². The number of anilines is 1. The monoisotopic (exact) mass is 459 g/mol. The van der Waals surface area contributed by atoms with E-state index in [1.807, 2.05) is 6.92 Å². The second kappa shape index (κ2) is 7.97. The maximum Gasteiger partial charge on any atom is 0.261 e. The first-order chi connectivity index (χ1) is 14.7. The smallest absolute Gasteiger partial charge is 0.261 e. The minimum absolute atomic E-state index is 0.0501. The molecule has 0 atom stereocenters. The number of benzene rings is 2. The van der Waals surface area contributed by atoms with Gasteiger partial charge in [0.05, 0.1) is 26.6 Å². The fourth-order valence-electron chi connectivity index (χ4n) is 3.62. The standard InChI is InChI=1S/C20H21N5O4S2/c1-14-2-7-18(20-19(14)15(12-21)13-23-20)24-30(26,27)16-3-5-17(6-4-16)31(28,29)25-10-8-22-9-11-25/h2-7,13,22-24H,8-11H2,1H3. The number of rotatable bonds is 5. The molecule has 1 aromatic heterocycles. The topological polar surface area (TPSA) is 135 Å². The molecule has 3 aromatic rings. The van der Waals surface area contributed by atoms with Crippen molar-refractivity contribution in [2.75, 3.05) is 30.9 Å².